The Bertz CT molecular complexity index is 299. The Balaban J connectivity index is 2.97. The lowest BCUT2D eigenvalue weighted by Crippen LogP contribution is -2.24. The molecule has 1 rings (SSSR count). The standard InChI is InChI=1S/C11H15F2N/c1-3-8-14(4-2)10-7-5-6-9(12)11(10)13/h5-7H,3-4,8H2,1-2H3. The summed E-state index contributed by atoms with van der Waals surface area (Å²) in [5.41, 5.74) is 0.356. The first-order valence-corrected chi connectivity index (χ1v) is 4.89. The highest BCUT2D eigenvalue weighted by Crippen LogP contribution is 2.21. The molecule has 0 saturated heterocycles. The molecular formula is C11H15F2N. The van der Waals surface area contributed by atoms with Gasteiger partial charge in [-0.25, -0.2) is 8.78 Å². The molecule has 1 nitrogen and oxygen atoms in total. The fourth-order valence-electron chi connectivity index (χ4n) is 1.46. The predicted octanol–water partition coefficient (Wildman–Crippen LogP) is 3.20. The Labute approximate surface area is 83.3 Å². The van der Waals surface area contributed by atoms with Crippen molar-refractivity contribution in [3.63, 3.8) is 0 Å². The van der Waals surface area contributed by atoms with Gasteiger partial charge >= 0.3 is 0 Å². The van der Waals surface area contributed by atoms with Crippen LogP contribution in [0.1, 0.15) is 20.3 Å². The van der Waals surface area contributed by atoms with Gasteiger partial charge in [0.2, 0.25) is 0 Å². The van der Waals surface area contributed by atoms with E-state index in [9.17, 15) is 8.78 Å². The van der Waals surface area contributed by atoms with Gasteiger partial charge in [0, 0.05) is 13.1 Å². The molecule has 0 fully saturated rings. The molecule has 0 aliphatic rings. The zero-order valence-electron chi connectivity index (χ0n) is 8.56. The van der Waals surface area contributed by atoms with E-state index in [0.29, 0.717) is 12.2 Å². The Morgan fingerprint density at radius 2 is 1.93 bits per heavy atom. The van der Waals surface area contributed by atoms with Gasteiger partial charge in [0.15, 0.2) is 11.6 Å². The maximum atomic E-state index is 13.3. The van der Waals surface area contributed by atoms with Crippen LogP contribution in [0.25, 0.3) is 0 Å². The maximum absolute atomic E-state index is 13.3. The van der Waals surface area contributed by atoms with E-state index in [4.69, 9.17) is 0 Å². The minimum absolute atomic E-state index is 0.356. The van der Waals surface area contributed by atoms with Crippen molar-refractivity contribution in [1.29, 1.82) is 0 Å². The minimum atomic E-state index is -0.781. The molecule has 0 atom stereocenters. The molecule has 1 aromatic rings. The highest BCUT2D eigenvalue weighted by molar-refractivity contribution is 5.47. The van der Waals surface area contributed by atoms with Gasteiger partial charge in [0.1, 0.15) is 0 Å². The van der Waals surface area contributed by atoms with E-state index in [1.807, 2.05) is 18.7 Å². The second kappa shape index (κ2) is 4.94. The lowest BCUT2D eigenvalue weighted by Gasteiger charge is -2.22. The van der Waals surface area contributed by atoms with Crippen LogP contribution < -0.4 is 4.90 Å². The molecule has 3 heteroatoms. The van der Waals surface area contributed by atoms with Crippen molar-refractivity contribution in [1.82, 2.24) is 0 Å². The summed E-state index contributed by atoms with van der Waals surface area (Å²) in [5.74, 6) is -1.53. The number of nitrogens with zero attached hydrogens (tertiary/aromatic N) is 1. The van der Waals surface area contributed by atoms with Crippen LogP contribution in [0.3, 0.4) is 0 Å². The van der Waals surface area contributed by atoms with Crippen molar-refractivity contribution >= 4 is 5.69 Å². The van der Waals surface area contributed by atoms with E-state index in [2.05, 4.69) is 0 Å². The van der Waals surface area contributed by atoms with Crippen molar-refractivity contribution in [3.8, 4) is 0 Å². The molecule has 14 heavy (non-hydrogen) atoms. The zero-order valence-corrected chi connectivity index (χ0v) is 8.56. The molecular weight excluding hydrogens is 184 g/mol. The van der Waals surface area contributed by atoms with E-state index in [1.54, 1.807) is 6.07 Å². The van der Waals surface area contributed by atoms with E-state index in [1.165, 1.54) is 6.07 Å². The van der Waals surface area contributed by atoms with E-state index >= 15 is 0 Å². The predicted molar refractivity (Wildman–Crippen MR) is 54.5 cm³/mol. The van der Waals surface area contributed by atoms with Crippen molar-refractivity contribution in [2.45, 2.75) is 20.3 Å². The topological polar surface area (TPSA) is 3.24 Å². The average molecular weight is 199 g/mol. The first kappa shape index (κ1) is 11.0. The summed E-state index contributed by atoms with van der Waals surface area (Å²) in [7, 11) is 0. The van der Waals surface area contributed by atoms with E-state index in [0.717, 1.165) is 19.0 Å². The maximum Gasteiger partial charge on any atom is 0.182 e. The molecule has 0 radical (unpaired) electrons. The SMILES string of the molecule is CCCN(CC)c1cccc(F)c1F. The Morgan fingerprint density at radius 3 is 2.50 bits per heavy atom. The Kier molecular flexibility index (Phi) is 3.86. The quantitative estimate of drug-likeness (QED) is 0.719. The van der Waals surface area contributed by atoms with Crippen LogP contribution in [-0.4, -0.2) is 13.1 Å². The van der Waals surface area contributed by atoms with Gasteiger partial charge in [-0.05, 0) is 25.5 Å². The molecule has 0 aliphatic heterocycles. The lowest BCUT2D eigenvalue weighted by molar-refractivity contribution is 0.506. The normalized spacial score (nSPS) is 10.3. The third kappa shape index (κ3) is 2.22. The molecule has 0 aromatic heterocycles. The molecule has 0 bridgehead atoms. The van der Waals surface area contributed by atoms with E-state index in [-0.39, 0.29) is 0 Å². The Morgan fingerprint density at radius 1 is 1.21 bits per heavy atom. The molecule has 0 spiro atoms. The van der Waals surface area contributed by atoms with Crippen LogP contribution in [0.2, 0.25) is 0 Å². The third-order valence-corrected chi connectivity index (χ3v) is 2.15. The van der Waals surface area contributed by atoms with Gasteiger partial charge in [-0.15, -0.1) is 0 Å². The minimum Gasteiger partial charge on any atom is -0.369 e. The molecule has 0 amide bonds. The van der Waals surface area contributed by atoms with Crippen molar-refractivity contribution < 1.29 is 8.78 Å². The van der Waals surface area contributed by atoms with Crippen molar-refractivity contribution in [3.05, 3.63) is 29.8 Å². The molecule has 78 valence electrons. The molecule has 1 aromatic carbocycles. The van der Waals surface area contributed by atoms with Gasteiger partial charge < -0.3 is 4.90 Å². The molecule has 0 heterocycles. The van der Waals surface area contributed by atoms with E-state index < -0.39 is 11.6 Å². The summed E-state index contributed by atoms with van der Waals surface area (Å²) in [6, 6.07) is 4.28. The van der Waals surface area contributed by atoms with Crippen LogP contribution in [0.15, 0.2) is 18.2 Å². The third-order valence-electron chi connectivity index (χ3n) is 2.15. The summed E-state index contributed by atoms with van der Waals surface area (Å²) in [5, 5.41) is 0. The first-order valence-electron chi connectivity index (χ1n) is 4.89. The van der Waals surface area contributed by atoms with Crippen LogP contribution in [0.5, 0.6) is 0 Å². The highest BCUT2D eigenvalue weighted by atomic mass is 19.2. The number of benzene rings is 1. The second-order valence-electron chi connectivity index (χ2n) is 3.15. The fraction of sp³-hybridized carbons (Fsp3) is 0.455. The average Bonchev–Trinajstić information content (AvgIpc) is 2.19. The van der Waals surface area contributed by atoms with Crippen molar-refractivity contribution in [2.75, 3.05) is 18.0 Å². The highest BCUT2D eigenvalue weighted by Gasteiger charge is 2.12. The van der Waals surface area contributed by atoms with Crippen LogP contribution in [0.4, 0.5) is 14.5 Å². The second-order valence-corrected chi connectivity index (χ2v) is 3.15. The number of anilines is 1. The molecule has 0 N–H and O–H groups in total. The largest absolute Gasteiger partial charge is 0.369 e. The van der Waals surface area contributed by atoms with Gasteiger partial charge in [-0.2, -0.15) is 0 Å². The van der Waals surface area contributed by atoms with Gasteiger partial charge in [-0.1, -0.05) is 13.0 Å². The van der Waals surface area contributed by atoms with Gasteiger partial charge in [-0.3, -0.25) is 0 Å². The molecule has 0 saturated carbocycles. The summed E-state index contributed by atoms with van der Waals surface area (Å²) in [4.78, 5) is 1.83. The van der Waals surface area contributed by atoms with Gasteiger partial charge in [0.25, 0.3) is 0 Å². The number of hydrogen-bond donors (Lipinski definition) is 0. The van der Waals surface area contributed by atoms with Crippen molar-refractivity contribution in [2.24, 2.45) is 0 Å². The van der Waals surface area contributed by atoms with Crippen LogP contribution in [-0.2, 0) is 0 Å². The number of rotatable bonds is 4. The Hall–Kier alpha value is -1.12. The monoisotopic (exact) mass is 199 g/mol. The van der Waals surface area contributed by atoms with Crippen LogP contribution in [0, 0.1) is 11.6 Å². The summed E-state index contributed by atoms with van der Waals surface area (Å²) >= 11 is 0. The van der Waals surface area contributed by atoms with Crippen LogP contribution >= 0.6 is 0 Å². The molecule has 0 unspecified atom stereocenters. The summed E-state index contributed by atoms with van der Waals surface area (Å²) in [6.45, 7) is 5.38. The summed E-state index contributed by atoms with van der Waals surface area (Å²) in [6.07, 6.45) is 0.920. The smallest absolute Gasteiger partial charge is 0.182 e. The van der Waals surface area contributed by atoms with Gasteiger partial charge in [0.05, 0.1) is 5.69 Å². The zero-order chi connectivity index (χ0) is 10.6. The fourth-order valence-corrected chi connectivity index (χ4v) is 1.46. The summed E-state index contributed by atoms with van der Waals surface area (Å²) < 4.78 is 26.3. The lowest BCUT2D eigenvalue weighted by atomic mass is 10.2. The number of halogens is 2. The first-order chi connectivity index (χ1) is 6.70. The molecule has 0 aliphatic carbocycles. The number of hydrogen-bond acceptors (Lipinski definition) is 1.